The van der Waals surface area contributed by atoms with E-state index in [2.05, 4.69) is 5.10 Å². The van der Waals surface area contributed by atoms with Crippen molar-refractivity contribution in [3.8, 4) is 11.4 Å². The van der Waals surface area contributed by atoms with Crippen molar-refractivity contribution in [2.45, 2.75) is 13.3 Å². The Balaban J connectivity index is 2.45. The Hall–Kier alpha value is -1.91. The van der Waals surface area contributed by atoms with E-state index < -0.39 is 6.43 Å². The number of nitrogens with zero attached hydrogens (tertiary/aromatic N) is 2. The summed E-state index contributed by atoms with van der Waals surface area (Å²) in [5.74, 6) is 0.127. The first kappa shape index (κ1) is 10.6. The van der Waals surface area contributed by atoms with Gasteiger partial charge in [0.05, 0.1) is 23.1 Å². The van der Waals surface area contributed by atoms with Crippen LogP contribution in [-0.2, 0) is 0 Å². The summed E-state index contributed by atoms with van der Waals surface area (Å²) in [5, 5.41) is 13.0. The van der Waals surface area contributed by atoms with Crippen molar-refractivity contribution in [3.05, 3.63) is 41.7 Å². The van der Waals surface area contributed by atoms with E-state index >= 15 is 0 Å². The first-order valence-corrected chi connectivity index (χ1v) is 4.71. The molecule has 0 fully saturated rings. The monoisotopic (exact) mass is 224 g/mol. The lowest BCUT2D eigenvalue weighted by Gasteiger charge is -2.05. The molecule has 0 aliphatic rings. The van der Waals surface area contributed by atoms with Gasteiger partial charge in [-0.2, -0.15) is 5.10 Å². The molecule has 16 heavy (non-hydrogen) atoms. The van der Waals surface area contributed by atoms with Gasteiger partial charge in [0.2, 0.25) is 0 Å². The number of rotatable bonds is 2. The fraction of sp³-hybridized carbons (Fsp3) is 0.182. The van der Waals surface area contributed by atoms with Gasteiger partial charge in [-0.1, -0.05) is 0 Å². The molecular formula is C11H10F2N2O. The van der Waals surface area contributed by atoms with Crippen LogP contribution in [0.3, 0.4) is 0 Å². The quantitative estimate of drug-likeness (QED) is 0.851. The second kappa shape index (κ2) is 3.92. The van der Waals surface area contributed by atoms with E-state index in [0.717, 1.165) is 6.20 Å². The Morgan fingerprint density at radius 1 is 1.25 bits per heavy atom. The van der Waals surface area contributed by atoms with Crippen LogP contribution in [-0.4, -0.2) is 14.9 Å². The molecule has 0 amide bonds. The summed E-state index contributed by atoms with van der Waals surface area (Å²) in [4.78, 5) is 0. The van der Waals surface area contributed by atoms with Gasteiger partial charge in [0, 0.05) is 0 Å². The van der Waals surface area contributed by atoms with Crippen molar-refractivity contribution >= 4 is 0 Å². The molecule has 0 saturated carbocycles. The molecular weight excluding hydrogens is 214 g/mol. The zero-order valence-corrected chi connectivity index (χ0v) is 8.56. The van der Waals surface area contributed by atoms with Crippen LogP contribution in [0.25, 0.3) is 5.69 Å². The van der Waals surface area contributed by atoms with Gasteiger partial charge in [-0.3, -0.25) is 0 Å². The van der Waals surface area contributed by atoms with Gasteiger partial charge in [0.1, 0.15) is 5.75 Å². The van der Waals surface area contributed by atoms with Crippen LogP contribution in [0, 0.1) is 6.92 Å². The predicted molar refractivity (Wildman–Crippen MR) is 54.9 cm³/mol. The summed E-state index contributed by atoms with van der Waals surface area (Å²) in [6.07, 6.45) is -1.36. The normalized spacial score (nSPS) is 11.0. The molecule has 5 heteroatoms. The van der Waals surface area contributed by atoms with Gasteiger partial charge >= 0.3 is 0 Å². The third-order valence-corrected chi connectivity index (χ3v) is 2.38. The van der Waals surface area contributed by atoms with Gasteiger partial charge < -0.3 is 5.11 Å². The molecule has 1 N–H and O–H groups in total. The first-order chi connectivity index (χ1) is 7.59. The van der Waals surface area contributed by atoms with Crippen molar-refractivity contribution in [2.75, 3.05) is 0 Å². The minimum absolute atomic E-state index is 0.0759. The van der Waals surface area contributed by atoms with E-state index in [-0.39, 0.29) is 11.3 Å². The SMILES string of the molecule is Cc1c(C(F)F)cnn1-c1ccc(O)cc1. The number of hydrogen-bond acceptors (Lipinski definition) is 2. The Morgan fingerprint density at radius 2 is 1.88 bits per heavy atom. The summed E-state index contributed by atoms with van der Waals surface area (Å²) < 4.78 is 26.5. The predicted octanol–water partition coefficient (Wildman–Crippen LogP) is 2.82. The van der Waals surface area contributed by atoms with Crippen LogP contribution >= 0.6 is 0 Å². The third kappa shape index (κ3) is 1.76. The fourth-order valence-electron chi connectivity index (χ4n) is 1.49. The largest absolute Gasteiger partial charge is 0.508 e. The average molecular weight is 224 g/mol. The molecule has 0 atom stereocenters. The number of aromatic hydroxyl groups is 1. The molecule has 1 aromatic carbocycles. The van der Waals surface area contributed by atoms with Gasteiger partial charge in [-0.05, 0) is 31.2 Å². The Kier molecular flexibility index (Phi) is 2.60. The molecule has 0 bridgehead atoms. The van der Waals surface area contributed by atoms with Gasteiger partial charge in [0.15, 0.2) is 0 Å². The molecule has 2 rings (SSSR count). The zero-order valence-electron chi connectivity index (χ0n) is 8.56. The van der Waals surface area contributed by atoms with E-state index in [1.165, 1.54) is 16.8 Å². The van der Waals surface area contributed by atoms with Crippen LogP contribution in [0.4, 0.5) is 8.78 Å². The van der Waals surface area contributed by atoms with Crippen molar-refractivity contribution in [1.29, 1.82) is 0 Å². The molecule has 0 aliphatic carbocycles. The first-order valence-electron chi connectivity index (χ1n) is 4.71. The molecule has 2 aromatic rings. The highest BCUT2D eigenvalue weighted by Gasteiger charge is 2.15. The van der Waals surface area contributed by atoms with Crippen LogP contribution in [0.2, 0.25) is 0 Å². The summed E-state index contributed by atoms with van der Waals surface area (Å²) in [5.41, 5.74) is 0.968. The minimum Gasteiger partial charge on any atom is -0.508 e. The van der Waals surface area contributed by atoms with E-state index in [1.807, 2.05) is 0 Å². The van der Waals surface area contributed by atoms with Gasteiger partial charge in [-0.15, -0.1) is 0 Å². The lowest BCUT2D eigenvalue weighted by atomic mass is 10.2. The highest BCUT2D eigenvalue weighted by molar-refractivity contribution is 5.38. The molecule has 0 unspecified atom stereocenters. The Bertz CT molecular complexity index is 491. The second-order valence-electron chi connectivity index (χ2n) is 3.41. The lowest BCUT2D eigenvalue weighted by molar-refractivity contribution is 0.150. The Morgan fingerprint density at radius 3 is 2.38 bits per heavy atom. The van der Waals surface area contributed by atoms with Gasteiger partial charge in [0.25, 0.3) is 6.43 Å². The number of halogens is 2. The zero-order chi connectivity index (χ0) is 11.7. The van der Waals surface area contributed by atoms with Crippen molar-refractivity contribution in [3.63, 3.8) is 0 Å². The highest BCUT2D eigenvalue weighted by atomic mass is 19.3. The number of alkyl halides is 2. The summed E-state index contributed by atoms with van der Waals surface area (Å²) in [6, 6.07) is 6.20. The van der Waals surface area contributed by atoms with Crippen LogP contribution in [0.1, 0.15) is 17.7 Å². The lowest BCUT2D eigenvalue weighted by Crippen LogP contribution is -1.99. The smallest absolute Gasteiger partial charge is 0.267 e. The summed E-state index contributed by atoms with van der Waals surface area (Å²) in [6.45, 7) is 1.58. The second-order valence-corrected chi connectivity index (χ2v) is 3.41. The molecule has 3 nitrogen and oxygen atoms in total. The standard InChI is InChI=1S/C11H10F2N2O/c1-7-10(11(12)13)6-14-15(7)8-2-4-9(16)5-3-8/h2-6,11,16H,1H3. The van der Waals surface area contributed by atoms with E-state index in [9.17, 15) is 8.78 Å². The number of benzene rings is 1. The molecule has 0 aliphatic heterocycles. The molecule has 1 aromatic heterocycles. The fourth-order valence-corrected chi connectivity index (χ4v) is 1.49. The number of aromatic nitrogens is 2. The molecule has 84 valence electrons. The van der Waals surface area contributed by atoms with Crippen LogP contribution < -0.4 is 0 Å². The maximum absolute atomic E-state index is 12.5. The topological polar surface area (TPSA) is 38.0 Å². The Labute approximate surface area is 91.0 Å². The van der Waals surface area contributed by atoms with Crippen LogP contribution in [0.5, 0.6) is 5.75 Å². The van der Waals surface area contributed by atoms with E-state index in [0.29, 0.717) is 11.4 Å². The van der Waals surface area contributed by atoms with Crippen molar-refractivity contribution < 1.29 is 13.9 Å². The number of hydrogen-bond donors (Lipinski definition) is 1. The number of phenols is 1. The maximum Gasteiger partial charge on any atom is 0.267 e. The van der Waals surface area contributed by atoms with Gasteiger partial charge in [-0.25, -0.2) is 13.5 Å². The minimum atomic E-state index is -2.52. The van der Waals surface area contributed by atoms with Crippen molar-refractivity contribution in [2.24, 2.45) is 0 Å². The van der Waals surface area contributed by atoms with E-state index in [4.69, 9.17) is 5.11 Å². The summed E-state index contributed by atoms with van der Waals surface area (Å²) in [7, 11) is 0. The molecule has 0 radical (unpaired) electrons. The molecule has 0 spiro atoms. The molecule has 1 heterocycles. The maximum atomic E-state index is 12.5. The van der Waals surface area contributed by atoms with Crippen molar-refractivity contribution in [1.82, 2.24) is 9.78 Å². The highest BCUT2D eigenvalue weighted by Crippen LogP contribution is 2.24. The third-order valence-electron chi connectivity index (χ3n) is 2.38. The number of phenolic OH excluding ortho intramolecular Hbond substituents is 1. The molecule has 0 saturated heterocycles. The van der Waals surface area contributed by atoms with Crippen LogP contribution in [0.15, 0.2) is 30.5 Å². The average Bonchev–Trinajstić information content (AvgIpc) is 2.61. The van der Waals surface area contributed by atoms with E-state index in [1.54, 1.807) is 19.1 Å². The summed E-state index contributed by atoms with van der Waals surface area (Å²) >= 11 is 0.